The Morgan fingerprint density at radius 3 is 2.74 bits per heavy atom. The summed E-state index contributed by atoms with van der Waals surface area (Å²) in [6.07, 6.45) is -0.155. The molecule has 3 aromatic rings. The molecule has 0 unspecified atom stereocenters. The molecule has 4 rings (SSSR count). The van der Waals surface area contributed by atoms with E-state index in [9.17, 15) is 4.79 Å². The van der Waals surface area contributed by atoms with Crippen LogP contribution in [0.15, 0.2) is 59.8 Å². The van der Waals surface area contributed by atoms with Crippen LogP contribution in [0.4, 0.5) is 5.13 Å². The standard InChI is InChI=1S/C17H13N3O2S/c21-16(19-17-18-12-8-4-5-9-15(12)23-17)14-10-13(20-22-14)11-6-2-1-3-7-11/h1-9,14H,10H2,(H,18,19,21)/t14-/m1/s1. The first-order valence-electron chi connectivity index (χ1n) is 7.24. The number of fused-ring (bicyclic) bond motifs is 1. The number of carbonyl (C=O) groups is 1. The van der Waals surface area contributed by atoms with Gasteiger partial charge in [-0.25, -0.2) is 4.98 Å². The molecule has 2 heterocycles. The largest absolute Gasteiger partial charge is 0.382 e. The summed E-state index contributed by atoms with van der Waals surface area (Å²) in [5.74, 6) is -0.223. The summed E-state index contributed by atoms with van der Waals surface area (Å²) < 4.78 is 1.04. The van der Waals surface area contributed by atoms with Crippen molar-refractivity contribution in [2.24, 2.45) is 5.16 Å². The second-order valence-electron chi connectivity index (χ2n) is 5.18. The van der Waals surface area contributed by atoms with Gasteiger partial charge in [-0.3, -0.25) is 10.1 Å². The fourth-order valence-corrected chi connectivity index (χ4v) is 3.30. The van der Waals surface area contributed by atoms with E-state index in [0.717, 1.165) is 21.5 Å². The normalized spacial score (nSPS) is 16.9. The summed E-state index contributed by atoms with van der Waals surface area (Å²) in [6, 6.07) is 17.5. The van der Waals surface area contributed by atoms with E-state index in [2.05, 4.69) is 15.5 Å². The third kappa shape index (κ3) is 2.80. The van der Waals surface area contributed by atoms with Crippen molar-refractivity contribution in [3.8, 4) is 0 Å². The number of carbonyl (C=O) groups excluding carboxylic acids is 1. The van der Waals surface area contributed by atoms with E-state index in [1.807, 2.05) is 54.6 Å². The number of para-hydroxylation sites is 1. The first kappa shape index (κ1) is 13.9. The van der Waals surface area contributed by atoms with Crippen molar-refractivity contribution in [1.82, 2.24) is 4.98 Å². The van der Waals surface area contributed by atoms with Crippen molar-refractivity contribution < 1.29 is 9.63 Å². The second-order valence-corrected chi connectivity index (χ2v) is 6.21. The van der Waals surface area contributed by atoms with Gasteiger partial charge in [0.25, 0.3) is 5.91 Å². The number of oxime groups is 1. The Morgan fingerprint density at radius 2 is 1.91 bits per heavy atom. The van der Waals surface area contributed by atoms with Gasteiger partial charge in [0.1, 0.15) is 0 Å². The third-order valence-electron chi connectivity index (χ3n) is 3.59. The van der Waals surface area contributed by atoms with Gasteiger partial charge in [-0.1, -0.05) is 59.0 Å². The quantitative estimate of drug-likeness (QED) is 0.803. The number of hydrogen-bond acceptors (Lipinski definition) is 5. The van der Waals surface area contributed by atoms with Crippen LogP contribution in [0.3, 0.4) is 0 Å². The van der Waals surface area contributed by atoms with Crippen LogP contribution in [0.25, 0.3) is 10.2 Å². The smallest absolute Gasteiger partial charge is 0.270 e. The van der Waals surface area contributed by atoms with Gasteiger partial charge in [0.05, 0.1) is 15.9 Å². The van der Waals surface area contributed by atoms with Crippen LogP contribution in [0.1, 0.15) is 12.0 Å². The Labute approximate surface area is 136 Å². The average Bonchev–Trinajstić information content (AvgIpc) is 3.22. The Morgan fingerprint density at radius 1 is 1.13 bits per heavy atom. The molecule has 0 aliphatic carbocycles. The molecule has 23 heavy (non-hydrogen) atoms. The predicted molar refractivity (Wildman–Crippen MR) is 90.7 cm³/mol. The molecule has 1 aromatic heterocycles. The van der Waals surface area contributed by atoms with Crippen LogP contribution in [-0.4, -0.2) is 22.7 Å². The molecule has 6 heteroatoms. The first-order chi connectivity index (χ1) is 11.3. The van der Waals surface area contributed by atoms with Crippen molar-refractivity contribution in [3.63, 3.8) is 0 Å². The molecule has 1 N–H and O–H groups in total. The number of nitrogens with one attached hydrogen (secondary N) is 1. The molecule has 0 fully saturated rings. The minimum Gasteiger partial charge on any atom is -0.382 e. The SMILES string of the molecule is O=C(Nc1nc2ccccc2s1)[C@H]1CC(c2ccccc2)=NO1. The Kier molecular flexibility index (Phi) is 3.51. The van der Waals surface area contributed by atoms with Gasteiger partial charge >= 0.3 is 0 Å². The molecule has 1 aliphatic heterocycles. The zero-order valence-corrected chi connectivity index (χ0v) is 12.9. The van der Waals surface area contributed by atoms with Gasteiger partial charge < -0.3 is 4.84 Å². The molecular formula is C17H13N3O2S. The molecule has 0 radical (unpaired) electrons. The average molecular weight is 323 g/mol. The number of amides is 1. The molecule has 0 bridgehead atoms. The highest BCUT2D eigenvalue weighted by atomic mass is 32.1. The molecule has 1 atom stereocenters. The zero-order valence-electron chi connectivity index (χ0n) is 12.1. The highest BCUT2D eigenvalue weighted by Gasteiger charge is 2.29. The minimum atomic E-state index is -0.614. The van der Waals surface area contributed by atoms with Crippen LogP contribution in [0.5, 0.6) is 0 Å². The van der Waals surface area contributed by atoms with Gasteiger partial charge in [0.2, 0.25) is 6.10 Å². The van der Waals surface area contributed by atoms with Gasteiger partial charge in [0, 0.05) is 6.42 Å². The number of hydrogen-bond donors (Lipinski definition) is 1. The van der Waals surface area contributed by atoms with E-state index in [1.165, 1.54) is 11.3 Å². The molecule has 0 spiro atoms. The summed E-state index contributed by atoms with van der Waals surface area (Å²) in [4.78, 5) is 22.0. The van der Waals surface area contributed by atoms with Gasteiger partial charge in [-0.2, -0.15) is 0 Å². The van der Waals surface area contributed by atoms with E-state index in [0.29, 0.717) is 11.6 Å². The molecule has 0 saturated carbocycles. The topological polar surface area (TPSA) is 63.6 Å². The van der Waals surface area contributed by atoms with Crippen molar-refractivity contribution in [2.45, 2.75) is 12.5 Å². The maximum atomic E-state index is 12.3. The summed E-state index contributed by atoms with van der Waals surface area (Å²) in [5.41, 5.74) is 2.64. The lowest BCUT2D eigenvalue weighted by molar-refractivity contribution is -0.125. The van der Waals surface area contributed by atoms with Crippen molar-refractivity contribution in [1.29, 1.82) is 0 Å². The maximum Gasteiger partial charge on any atom is 0.270 e. The van der Waals surface area contributed by atoms with Crippen LogP contribution < -0.4 is 5.32 Å². The first-order valence-corrected chi connectivity index (χ1v) is 8.06. The van der Waals surface area contributed by atoms with E-state index < -0.39 is 6.10 Å². The lowest BCUT2D eigenvalue weighted by atomic mass is 10.1. The molecule has 5 nitrogen and oxygen atoms in total. The third-order valence-corrected chi connectivity index (χ3v) is 4.54. The Hall–Kier alpha value is -2.73. The molecule has 114 valence electrons. The van der Waals surface area contributed by atoms with Crippen LogP contribution in [0, 0.1) is 0 Å². The molecule has 1 amide bonds. The summed E-state index contributed by atoms with van der Waals surface area (Å²) in [5, 5.41) is 7.42. The molecule has 2 aromatic carbocycles. The van der Waals surface area contributed by atoms with Gasteiger partial charge in [0.15, 0.2) is 5.13 Å². The molecule has 1 aliphatic rings. The van der Waals surface area contributed by atoms with E-state index in [1.54, 1.807) is 0 Å². The highest BCUT2D eigenvalue weighted by molar-refractivity contribution is 7.22. The lowest BCUT2D eigenvalue weighted by Gasteiger charge is -2.06. The van der Waals surface area contributed by atoms with Gasteiger partial charge in [-0.15, -0.1) is 0 Å². The molecular weight excluding hydrogens is 310 g/mol. The van der Waals surface area contributed by atoms with Gasteiger partial charge in [-0.05, 0) is 17.7 Å². The summed E-state index contributed by atoms with van der Waals surface area (Å²) in [7, 11) is 0. The number of rotatable bonds is 3. The van der Waals surface area contributed by atoms with Crippen LogP contribution in [-0.2, 0) is 9.63 Å². The molecule has 0 saturated heterocycles. The van der Waals surface area contributed by atoms with E-state index >= 15 is 0 Å². The monoisotopic (exact) mass is 323 g/mol. The number of thiazole rings is 1. The number of anilines is 1. The fraction of sp³-hybridized carbons (Fsp3) is 0.118. The predicted octanol–water partition coefficient (Wildman–Crippen LogP) is 3.43. The van der Waals surface area contributed by atoms with Crippen LogP contribution >= 0.6 is 11.3 Å². The fourth-order valence-electron chi connectivity index (χ4n) is 2.43. The number of nitrogens with zero attached hydrogens (tertiary/aromatic N) is 2. The second kappa shape index (κ2) is 5.81. The van der Waals surface area contributed by atoms with E-state index in [-0.39, 0.29) is 5.91 Å². The Bertz CT molecular complexity index is 856. The van der Waals surface area contributed by atoms with Crippen LogP contribution in [0.2, 0.25) is 0 Å². The number of aromatic nitrogens is 1. The summed E-state index contributed by atoms with van der Waals surface area (Å²) in [6.45, 7) is 0. The maximum absolute atomic E-state index is 12.3. The Balaban J connectivity index is 1.44. The van der Waals surface area contributed by atoms with Crippen molar-refractivity contribution >= 4 is 38.3 Å². The zero-order chi connectivity index (χ0) is 15.6. The lowest BCUT2D eigenvalue weighted by Crippen LogP contribution is -2.27. The number of benzene rings is 2. The van der Waals surface area contributed by atoms with Crippen molar-refractivity contribution in [2.75, 3.05) is 5.32 Å². The summed E-state index contributed by atoms with van der Waals surface area (Å²) >= 11 is 1.45. The van der Waals surface area contributed by atoms with E-state index in [4.69, 9.17) is 4.84 Å². The van der Waals surface area contributed by atoms with Crippen molar-refractivity contribution in [3.05, 3.63) is 60.2 Å². The minimum absolute atomic E-state index is 0.223. The highest BCUT2D eigenvalue weighted by Crippen LogP contribution is 2.26.